The van der Waals surface area contributed by atoms with Gasteiger partial charge in [-0.15, -0.1) is 0 Å². The van der Waals surface area contributed by atoms with E-state index in [1.54, 1.807) is 35.4 Å². The number of carbonyl (C=O) groups excluding carboxylic acids is 2. The van der Waals surface area contributed by atoms with Crippen LogP contribution in [0.5, 0.6) is 0 Å². The Hall–Kier alpha value is -2.86. The first-order valence-corrected chi connectivity index (χ1v) is 10.6. The second-order valence-corrected chi connectivity index (χ2v) is 8.50. The molecule has 156 valence electrons. The number of hydrogen-bond acceptors (Lipinski definition) is 4. The quantitative estimate of drug-likeness (QED) is 0.502. The van der Waals surface area contributed by atoms with Gasteiger partial charge in [0.05, 0.1) is 17.4 Å². The third kappa shape index (κ3) is 3.30. The number of carbonyl (C=O) groups is 2. The predicted molar refractivity (Wildman–Crippen MR) is 120 cm³/mol. The van der Waals surface area contributed by atoms with E-state index in [0.29, 0.717) is 15.7 Å². The van der Waals surface area contributed by atoms with Crippen molar-refractivity contribution in [2.75, 3.05) is 9.96 Å². The van der Waals surface area contributed by atoms with Crippen LogP contribution < -0.4 is 9.96 Å². The molecule has 3 aromatic carbocycles. The normalized spacial score (nSPS) is 22.9. The number of aryl methyl sites for hydroxylation is 1. The molecule has 31 heavy (non-hydrogen) atoms. The van der Waals surface area contributed by atoms with Crippen LogP contribution in [0.1, 0.15) is 17.2 Å². The molecule has 0 radical (unpaired) electrons. The topological polar surface area (TPSA) is 49.9 Å². The Morgan fingerprint density at radius 3 is 2.23 bits per heavy atom. The Balaban J connectivity index is 1.58. The Labute approximate surface area is 189 Å². The van der Waals surface area contributed by atoms with Gasteiger partial charge in [-0.3, -0.25) is 14.4 Å². The molecule has 7 heteroatoms. The number of fused-ring (bicyclic) bond motifs is 1. The molecule has 0 bridgehead atoms. The number of imide groups is 1. The minimum absolute atomic E-state index is 0.312. The highest BCUT2D eigenvalue weighted by Gasteiger charge is 2.60. The monoisotopic (exact) mass is 452 g/mol. The molecule has 3 unspecified atom stereocenters. The maximum atomic E-state index is 13.6. The van der Waals surface area contributed by atoms with Gasteiger partial charge in [0, 0.05) is 10.0 Å². The molecular formula is C24H18Cl2N2O3. The van der Waals surface area contributed by atoms with E-state index in [2.05, 4.69) is 0 Å². The third-order valence-electron chi connectivity index (χ3n) is 5.75. The molecule has 5 nitrogen and oxygen atoms in total. The minimum atomic E-state index is -0.923. The van der Waals surface area contributed by atoms with Crippen LogP contribution in [-0.4, -0.2) is 17.9 Å². The Bertz CT molecular complexity index is 1170. The summed E-state index contributed by atoms with van der Waals surface area (Å²) in [5, 5.41) is 2.75. The fraction of sp³-hybridized carbons (Fsp3) is 0.167. The van der Waals surface area contributed by atoms with Gasteiger partial charge < -0.3 is 0 Å². The summed E-state index contributed by atoms with van der Waals surface area (Å²) in [5.41, 5.74) is 2.92. The van der Waals surface area contributed by atoms with Gasteiger partial charge in [-0.1, -0.05) is 59.6 Å². The summed E-state index contributed by atoms with van der Waals surface area (Å²) in [6.07, 6.45) is -0.923. The molecule has 0 aromatic heterocycles. The van der Waals surface area contributed by atoms with E-state index in [9.17, 15) is 9.59 Å². The zero-order valence-electron chi connectivity index (χ0n) is 16.5. The number of rotatable bonds is 3. The molecule has 0 aliphatic carbocycles. The van der Waals surface area contributed by atoms with E-state index in [1.807, 2.05) is 49.4 Å². The summed E-state index contributed by atoms with van der Waals surface area (Å²) in [6.45, 7) is 1.87. The molecule has 0 N–H and O–H groups in total. The van der Waals surface area contributed by atoms with Gasteiger partial charge in [0.25, 0.3) is 5.91 Å². The van der Waals surface area contributed by atoms with Crippen molar-refractivity contribution in [1.29, 1.82) is 0 Å². The molecular weight excluding hydrogens is 435 g/mol. The van der Waals surface area contributed by atoms with Crippen LogP contribution in [0.15, 0.2) is 72.8 Å². The highest BCUT2D eigenvalue weighted by molar-refractivity contribution is 6.32. The molecule has 2 saturated heterocycles. The number of para-hydroxylation sites is 1. The maximum Gasteiger partial charge on any atom is 0.266 e. The number of anilines is 2. The average molecular weight is 453 g/mol. The lowest BCUT2D eigenvalue weighted by Gasteiger charge is -2.28. The number of nitrogens with zero attached hydrogens (tertiary/aromatic N) is 2. The minimum Gasteiger partial charge on any atom is -0.273 e. The fourth-order valence-corrected chi connectivity index (χ4v) is 4.49. The summed E-state index contributed by atoms with van der Waals surface area (Å²) in [5.74, 6) is -1.41. The van der Waals surface area contributed by atoms with Gasteiger partial charge in [0.15, 0.2) is 6.10 Å². The standard InChI is InChI=1S/C24H18Cl2N2O3/c1-14-7-12-18(13-19(14)26)27-23(29)20-21(15-8-10-16(25)11-9-15)28(31-22(20)24(27)30)17-5-3-2-4-6-17/h2-13,20-22H,1H3. The Kier molecular flexibility index (Phi) is 4.97. The number of hydrogen-bond donors (Lipinski definition) is 0. The van der Waals surface area contributed by atoms with E-state index in [4.69, 9.17) is 28.0 Å². The summed E-state index contributed by atoms with van der Waals surface area (Å²) in [7, 11) is 0. The van der Waals surface area contributed by atoms with Gasteiger partial charge in [0.1, 0.15) is 5.92 Å². The van der Waals surface area contributed by atoms with Crippen LogP contribution in [-0.2, 0) is 14.4 Å². The molecule has 0 saturated carbocycles. The first-order chi connectivity index (χ1) is 15.0. The zero-order valence-corrected chi connectivity index (χ0v) is 18.0. The highest BCUT2D eigenvalue weighted by Crippen LogP contribution is 2.47. The van der Waals surface area contributed by atoms with Crippen molar-refractivity contribution in [2.45, 2.75) is 19.1 Å². The molecule has 0 spiro atoms. The van der Waals surface area contributed by atoms with Crippen molar-refractivity contribution in [3.63, 3.8) is 0 Å². The lowest BCUT2D eigenvalue weighted by Crippen LogP contribution is -2.37. The molecule has 2 heterocycles. The van der Waals surface area contributed by atoms with Crippen molar-refractivity contribution in [2.24, 2.45) is 5.92 Å². The number of amides is 2. The summed E-state index contributed by atoms with van der Waals surface area (Å²) in [4.78, 5) is 34.1. The zero-order chi connectivity index (χ0) is 21.7. The van der Waals surface area contributed by atoms with Crippen LogP contribution in [0.2, 0.25) is 10.0 Å². The van der Waals surface area contributed by atoms with E-state index in [0.717, 1.165) is 16.8 Å². The molecule has 3 atom stereocenters. The van der Waals surface area contributed by atoms with Crippen LogP contribution in [0, 0.1) is 12.8 Å². The molecule has 5 rings (SSSR count). The van der Waals surface area contributed by atoms with Gasteiger partial charge >= 0.3 is 0 Å². The molecule has 2 aliphatic rings. The molecule has 3 aromatic rings. The predicted octanol–water partition coefficient (Wildman–Crippen LogP) is 5.35. The van der Waals surface area contributed by atoms with Crippen LogP contribution in [0.4, 0.5) is 11.4 Å². The fourth-order valence-electron chi connectivity index (χ4n) is 4.19. The summed E-state index contributed by atoms with van der Waals surface area (Å²) in [6, 6.07) is 21.4. The van der Waals surface area contributed by atoms with Gasteiger partial charge in [0.2, 0.25) is 5.91 Å². The lowest BCUT2D eigenvalue weighted by atomic mass is 9.90. The SMILES string of the molecule is Cc1ccc(N2C(=O)C3ON(c4ccccc4)C(c4ccc(Cl)cc4)C3C2=O)cc1Cl. The van der Waals surface area contributed by atoms with Crippen molar-refractivity contribution in [3.05, 3.63) is 94.0 Å². The second-order valence-electron chi connectivity index (χ2n) is 7.65. The Morgan fingerprint density at radius 2 is 1.55 bits per heavy atom. The number of benzene rings is 3. The summed E-state index contributed by atoms with van der Waals surface area (Å²) >= 11 is 12.3. The highest BCUT2D eigenvalue weighted by atomic mass is 35.5. The van der Waals surface area contributed by atoms with Crippen LogP contribution in [0.25, 0.3) is 0 Å². The smallest absolute Gasteiger partial charge is 0.266 e. The Morgan fingerprint density at radius 1 is 0.839 bits per heavy atom. The first kappa shape index (κ1) is 20.1. The lowest BCUT2D eigenvalue weighted by molar-refractivity contribution is -0.126. The third-order valence-corrected chi connectivity index (χ3v) is 6.41. The first-order valence-electron chi connectivity index (χ1n) is 9.86. The number of hydroxylamine groups is 1. The van der Waals surface area contributed by atoms with Crippen LogP contribution >= 0.6 is 23.2 Å². The summed E-state index contributed by atoms with van der Waals surface area (Å²) < 4.78 is 0. The van der Waals surface area contributed by atoms with Crippen molar-refractivity contribution in [1.82, 2.24) is 0 Å². The van der Waals surface area contributed by atoms with E-state index in [-0.39, 0.29) is 5.91 Å². The van der Waals surface area contributed by atoms with E-state index in [1.165, 1.54) is 4.90 Å². The second kappa shape index (κ2) is 7.68. The van der Waals surface area contributed by atoms with Crippen LogP contribution in [0.3, 0.4) is 0 Å². The van der Waals surface area contributed by atoms with E-state index >= 15 is 0 Å². The van der Waals surface area contributed by atoms with Gasteiger partial charge in [-0.05, 0) is 54.4 Å². The number of halogens is 2. The molecule has 2 aliphatic heterocycles. The molecule has 2 fully saturated rings. The molecule has 2 amide bonds. The van der Waals surface area contributed by atoms with E-state index < -0.39 is 24.0 Å². The maximum absolute atomic E-state index is 13.6. The largest absolute Gasteiger partial charge is 0.273 e. The van der Waals surface area contributed by atoms with Gasteiger partial charge in [-0.2, -0.15) is 0 Å². The van der Waals surface area contributed by atoms with Crippen molar-refractivity contribution >= 4 is 46.4 Å². The average Bonchev–Trinajstić information content (AvgIpc) is 3.28. The van der Waals surface area contributed by atoms with Crippen molar-refractivity contribution < 1.29 is 14.4 Å². The van der Waals surface area contributed by atoms with Gasteiger partial charge in [-0.25, -0.2) is 9.96 Å². The van der Waals surface area contributed by atoms with Crippen molar-refractivity contribution in [3.8, 4) is 0 Å².